The van der Waals surface area contributed by atoms with Gasteiger partial charge in [0.2, 0.25) is 5.88 Å². The topological polar surface area (TPSA) is 78.2 Å². The molecule has 2 aromatic rings. The number of aryl methyl sites for hydroxylation is 1. The normalized spacial score (nSPS) is 10.1. The molecule has 0 aliphatic carbocycles. The number of hydrogen-bond acceptors (Lipinski definition) is 5. The summed E-state index contributed by atoms with van der Waals surface area (Å²) < 4.78 is 6.07. The lowest BCUT2D eigenvalue weighted by Crippen LogP contribution is -1.93. The summed E-state index contributed by atoms with van der Waals surface area (Å²) in [6.07, 6.45) is 1.36. The summed E-state index contributed by atoms with van der Waals surface area (Å²) in [6.45, 7) is 1.65. The van der Waals surface area contributed by atoms with E-state index in [1.165, 1.54) is 18.5 Å². The Bertz CT molecular complexity index is 604. The molecule has 0 saturated carbocycles. The van der Waals surface area contributed by atoms with Crippen LogP contribution in [0.3, 0.4) is 0 Å². The smallest absolute Gasteiger partial charge is 0.272 e. The first-order valence-corrected chi connectivity index (χ1v) is 5.76. The van der Waals surface area contributed by atoms with Crippen LogP contribution in [0.15, 0.2) is 35.2 Å². The first-order chi connectivity index (χ1) is 8.56. The van der Waals surface area contributed by atoms with Gasteiger partial charge in [-0.05, 0) is 35.0 Å². The SMILES string of the molecule is Cc1cc(Oc2cc(Br)ncn2)ccc1[N+](=O)[O-]. The zero-order valence-electron chi connectivity index (χ0n) is 9.33. The molecular weight excluding hydrogens is 302 g/mol. The molecule has 6 nitrogen and oxygen atoms in total. The van der Waals surface area contributed by atoms with Crippen molar-refractivity contribution in [3.8, 4) is 11.6 Å². The van der Waals surface area contributed by atoms with Gasteiger partial charge in [-0.3, -0.25) is 10.1 Å². The number of nitro groups is 1. The molecular formula is C11H8BrN3O3. The van der Waals surface area contributed by atoms with Gasteiger partial charge in [0.05, 0.1) is 4.92 Å². The number of hydrogen-bond donors (Lipinski definition) is 0. The lowest BCUT2D eigenvalue weighted by Gasteiger charge is -2.05. The molecule has 1 aromatic carbocycles. The summed E-state index contributed by atoms with van der Waals surface area (Å²) in [5.74, 6) is 0.855. The van der Waals surface area contributed by atoms with E-state index in [9.17, 15) is 10.1 Å². The van der Waals surface area contributed by atoms with Gasteiger partial charge < -0.3 is 4.74 Å². The highest BCUT2D eigenvalue weighted by Crippen LogP contribution is 2.26. The standard InChI is InChI=1S/C11H8BrN3O3/c1-7-4-8(2-3-9(7)15(16)17)18-11-5-10(12)13-6-14-11/h2-6H,1H3. The lowest BCUT2D eigenvalue weighted by molar-refractivity contribution is -0.385. The predicted molar refractivity (Wildman–Crippen MR) is 67.6 cm³/mol. The maximum absolute atomic E-state index is 10.7. The Kier molecular flexibility index (Phi) is 3.52. The van der Waals surface area contributed by atoms with Gasteiger partial charge in [0, 0.05) is 17.7 Å². The van der Waals surface area contributed by atoms with Crippen molar-refractivity contribution in [1.82, 2.24) is 9.97 Å². The number of rotatable bonds is 3. The van der Waals surface area contributed by atoms with Gasteiger partial charge in [-0.1, -0.05) is 0 Å². The Hall–Kier alpha value is -2.02. The fraction of sp³-hybridized carbons (Fsp3) is 0.0909. The summed E-state index contributed by atoms with van der Waals surface area (Å²) in [5, 5.41) is 10.7. The average molecular weight is 310 g/mol. The summed E-state index contributed by atoms with van der Waals surface area (Å²) >= 11 is 3.20. The second-order valence-corrected chi connectivity index (χ2v) is 4.30. The zero-order valence-corrected chi connectivity index (χ0v) is 10.9. The molecule has 0 unspecified atom stereocenters. The number of ether oxygens (including phenoxy) is 1. The molecule has 1 aromatic heterocycles. The second kappa shape index (κ2) is 5.09. The Labute approximate surface area is 111 Å². The van der Waals surface area contributed by atoms with Crippen molar-refractivity contribution in [2.24, 2.45) is 0 Å². The molecule has 0 aliphatic heterocycles. The van der Waals surface area contributed by atoms with Crippen molar-refractivity contribution in [2.75, 3.05) is 0 Å². The molecule has 18 heavy (non-hydrogen) atoms. The Morgan fingerprint density at radius 1 is 1.33 bits per heavy atom. The quantitative estimate of drug-likeness (QED) is 0.494. The van der Waals surface area contributed by atoms with Crippen LogP contribution in [0.1, 0.15) is 5.56 Å². The third-order valence-corrected chi connectivity index (χ3v) is 2.63. The first-order valence-electron chi connectivity index (χ1n) is 4.96. The molecule has 0 atom stereocenters. The van der Waals surface area contributed by atoms with Crippen LogP contribution >= 0.6 is 15.9 Å². The average Bonchev–Trinajstić information content (AvgIpc) is 2.28. The first kappa shape index (κ1) is 12.4. The third-order valence-electron chi connectivity index (χ3n) is 2.20. The molecule has 1 heterocycles. The fourth-order valence-electron chi connectivity index (χ4n) is 1.39. The Morgan fingerprint density at radius 3 is 2.72 bits per heavy atom. The lowest BCUT2D eigenvalue weighted by atomic mass is 10.2. The van der Waals surface area contributed by atoms with E-state index in [4.69, 9.17) is 4.74 Å². The number of nitro benzene ring substituents is 1. The number of nitrogens with zero attached hydrogens (tertiary/aromatic N) is 3. The minimum absolute atomic E-state index is 0.0613. The molecule has 0 bridgehead atoms. The van der Waals surface area contributed by atoms with Crippen molar-refractivity contribution in [3.63, 3.8) is 0 Å². The zero-order chi connectivity index (χ0) is 13.1. The summed E-state index contributed by atoms with van der Waals surface area (Å²) in [5.41, 5.74) is 0.594. The molecule has 0 amide bonds. The summed E-state index contributed by atoms with van der Waals surface area (Å²) in [4.78, 5) is 18.0. The van der Waals surface area contributed by atoms with Crippen LogP contribution in [-0.4, -0.2) is 14.9 Å². The van der Waals surface area contributed by atoms with E-state index in [0.717, 1.165) is 0 Å². The van der Waals surface area contributed by atoms with E-state index in [-0.39, 0.29) is 5.69 Å². The van der Waals surface area contributed by atoms with E-state index in [0.29, 0.717) is 21.8 Å². The molecule has 0 aliphatic rings. The Morgan fingerprint density at radius 2 is 2.11 bits per heavy atom. The highest BCUT2D eigenvalue weighted by atomic mass is 79.9. The fourth-order valence-corrected chi connectivity index (χ4v) is 1.68. The minimum Gasteiger partial charge on any atom is -0.439 e. The number of halogens is 1. The molecule has 0 radical (unpaired) electrons. The molecule has 2 rings (SSSR count). The molecule has 92 valence electrons. The van der Waals surface area contributed by atoms with Gasteiger partial charge >= 0.3 is 0 Å². The van der Waals surface area contributed by atoms with Gasteiger partial charge in [-0.25, -0.2) is 9.97 Å². The van der Waals surface area contributed by atoms with Crippen molar-refractivity contribution in [1.29, 1.82) is 0 Å². The van der Waals surface area contributed by atoms with Gasteiger partial charge in [0.1, 0.15) is 16.7 Å². The van der Waals surface area contributed by atoms with E-state index in [2.05, 4.69) is 25.9 Å². The van der Waals surface area contributed by atoms with Crippen LogP contribution < -0.4 is 4.74 Å². The largest absolute Gasteiger partial charge is 0.439 e. The summed E-state index contributed by atoms with van der Waals surface area (Å²) in [7, 11) is 0. The Balaban J connectivity index is 2.25. The minimum atomic E-state index is -0.430. The number of benzene rings is 1. The van der Waals surface area contributed by atoms with E-state index < -0.39 is 4.92 Å². The van der Waals surface area contributed by atoms with Crippen LogP contribution in [0, 0.1) is 17.0 Å². The van der Waals surface area contributed by atoms with Gasteiger partial charge in [-0.15, -0.1) is 0 Å². The highest BCUT2D eigenvalue weighted by molar-refractivity contribution is 9.10. The van der Waals surface area contributed by atoms with Crippen LogP contribution in [-0.2, 0) is 0 Å². The van der Waals surface area contributed by atoms with Crippen molar-refractivity contribution in [2.45, 2.75) is 6.92 Å². The molecule has 0 saturated heterocycles. The van der Waals surface area contributed by atoms with Gasteiger partial charge in [0.25, 0.3) is 5.69 Å². The van der Waals surface area contributed by atoms with Crippen LogP contribution in [0.25, 0.3) is 0 Å². The monoisotopic (exact) mass is 309 g/mol. The maximum Gasteiger partial charge on any atom is 0.272 e. The van der Waals surface area contributed by atoms with Crippen molar-refractivity contribution in [3.05, 3.63) is 50.9 Å². The third kappa shape index (κ3) is 2.80. The highest BCUT2D eigenvalue weighted by Gasteiger charge is 2.11. The van der Waals surface area contributed by atoms with Crippen molar-refractivity contribution < 1.29 is 9.66 Å². The van der Waals surface area contributed by atoms with Gasteiger partial charge in [0.15, 0.2) is 0 Å². The van der Waals surface area contributed by atoms with E-state index in [1.807, 2.05) is 0 Å². The number of aromatic nitrogens is 2. The second-order valence-electron chi connectivity index (χ2n) is 3.49. The predicted octanol–water partition coefficient (Wildman–Crippen LogP) is 3.25. The molecule has 0 N–H and O–H groups in total. The van der Waals surface area contributed by atoms with Crippen LogP contribution in [0.2, 0.25) is 0 Å². The van der Waals surface area contributed by atoms with Gasteiger partial charge in [-0.2, -0.15) is 0 Å². The summed E-state index contributed by atoms with van der Waals surface area (Å²) in [6, 6.07) is 6.13. The maximum atomic E-state index is 10.7. The van der Waals surface area contributed by atoms with E-state index >= 15 is 0 Å². The van der Waals surface area contributed by atoms with E-state index in [1.54, 1.807) is 19.1 Å². The molecule has 7 heteroatoms. The molecule has 0 fully saturated rings. The van der Waals surface area contributed by atoms with Crippen LogP contribution in [0.4, 0.5) is 5.69 Å². The van der Waals surface area contributed by atoms with Crippen LogP contribution in [0.5, 0.6) is 11.6 Å². The molecule has 0 spiro atoms. The van der Waals surface area contributed by atoms with Crippen molar-refractivity contribution >= 4 is 21.6 Å².